The van der Waals surface area contributed by atoms with E-state index in [9.17, 15) is 4.79 Å². The van der Waals surface area contributed by atoms with Crippen LogP contribution in [-0.4, -0.2) is 20.7 Å². The lowest BCUT2D eigenvalue weighted by Crippen LogP contribution is -2.15. The molecule has 1 aliphatic carbocycles. The fraction of sp³-hybridized carbons (Fsp3) is 0.167. The fourth-order valence-electron chi connectivity index (χ4n) is 3.21. The summed E-state index contributed by atoms with van der Waals surface area (Å²) in [7, 11) is 0. The van der Waals surface area contributed by atoms with Crippen LogP contribution in [0.5, 0.6) is 0 Å². The summed E-state index contributed by atoms with van der Waals surface area (Å²) in [6.45, 7) is 0. The van der Waals surface area contributed by atoms with Gasteiger partial charge >= 0.3 is 0 Å². The summed E-state index contributed by atoms with van der Waals surface area (Å²) in [5.74, 6) is 0.560. The van der Waals surface area contributed by atoms with Crippen molar-refractivity contribution in [1.29, 1.82) is 0 Å². The molecule has 0 saturated carbocycles. The van der Waals surface area contributed by atoms with Gasteiger partial charge in [0, 0.05) is 5.56 Å². The van der Waals surface area contributed by atoms with Gasteiger partial charge in [0.1, 0.15) is 5.82 Å². The minimum absolute atomic E-state index is 0.168. The number of nitrogens with zero attached hydrogens (tertiary/aromatic N) is 3. The van der Waals surface area contributed by atoms with Crippen molar-refractivity contribution >= 4 is 56.2 Å². The molecule has 3 heterocycles. The van der Waals surface area contributed by atoms with Crippen molar-refractivity contribution in [3.05, 3.63) is 56.9 Å². The van der Waals surface area contributed by atoms with E-state index in [1.54, 1.807) is 28.2 Å². The molecule has 0 bridgehead atoms. The lowest BCUT2D eigenvalue weighted by atomic mass is 10.2. The summed E-state index contributed by atoms with van der Waals surface area (Å²) < 4.78 is 3.47. The van der Waals surface area contributed by atoms with E-state index in [-0.39, 0.29) is 5.91 Å². The van der Waals surface area contributed by atoms with E-state index in [2.05, 4.69) is 10.3 Å². The predicted octanol–water partition coefficient (Wildman–Crippen LogP) is 4.94. The van der Waals surface area contributed by atoms with Crippen LogP contribution in [-0.2, 0) is 12.8 Å². The maximum atomic E-state index is 12.7. The average molecular weight is 401 g/mol. The fourth-order valence-corrected chi connectivity index (χ4v) is 5.08. The van der Waals surface area contributed by atoms with Crippen LogP contribution in [0.1, 0.15) is 27.3 Å². The summed E-state index contributed by atoms with van der Waals surface area (Å²) in [4.78, 5) is 17.9. The predicted molar refractivity (Wildman–Crippen MR) is 106 cm³/mol. The Bertz CT molecular complexity index is 1110. The topological polar surface area (TPSA) is 59.8 Å². The number of nitrogens with one attached hydrogen (secondary N) is 1. The first kappa shape index (κ1) is 16.0. The molecule has 5 nitrogen and oxygen atoms in total. The van der Waals surface area contributed by atoms with Crippen molar-refractivity contribution < 1.29 is 4.79 Å². The molecule has 5 rings (SSSR count). The first-order valence-electron chi connectivity index (χ1n) is 8.22. The molecule has 1 aliphatic rings. The van der Waals surface area contributed by atoms with Gasteiger partial charge < -0.3 is 5.32 Å². The van der Waals surface area contributed by atoms with E-state index >= 15 is 0 Å². The number of thiophene rings is 1. The van der Waals surface area contributed by atoms with Crippen LogP contribution in [0.15, 0.2) is 36.4 Å². The number of hydrogen-bond donors (Lipinski definition) is 1. The Morgan fingerprint density at radius 1 is 1.15 bits per heavy atom. The highest BCUT2D eigenvalue weighted by molar-refractivity contribution is 7.20. The number of amides is 1. The highest BCUT2D eigenvalue weighted by atomic mass is 35.5. The summed E-state index contributed by atoms with van der Waals surface area (Å²) >= 11 is 8.80. The van der Waals surface area contributed by atoms with Crippen molar-refractivity contribution in [3.63, 3.8) is 0 Å². The smallest absolute Gasteiger partial charge is 0.266 e. The monoisotopic (exact) mass is 400 g/mol. The highest BCUT2D eigenvalue weighted by Gasteiger charge is 2.26. The number of fused-ring (bicyclic) bond motifs is 2. The van der Waals surface area contributed by atoms with Gasteiger partial charge in [-0.2, -0.15) is 9.78 Å². The minimum Gasteiger partial charge on any atom is -0.305 e. The van der Waals surface area contributed by atoms with Gasteiger partial charge in [-0.15, -0.1) is 11.3 Å². The summed E-state index contributed by atoms with van der Waals surface area (Å²) in [5, 5.41) is 8.54. The second-order valence-electron chi connectivity index (χ2n) is 6.06. The molecule has 0 fully saturated rings. The van der Waals surface area contributed by atoms with Crippen LogP contribution >= 0.6 is 34.3 Å². The Hall–Kier alpha value is -2.22. The third-order valence-corrected chi connectivity index (χ3v) is 6.64. The van der Waals surface area contributed by atoms with Gasteiger partial charge in [-0.25, -0.2) is 4.98 Å². The third kappa shape index (κ3) is 2.63. The number of halogens is 1. The molecule has 0 spiro atoms. The number of para-hydroxylation sites is 1. The number of anilines is 1. The Balaban J connectivity index is 1.59. The van der Waals surface area contributed by atoms with E-state index in [4.69, 9.17) is 16.7 Å². The first-order chi connectivity index (χ1) is 12.7. The van der Waals surface area contributed by atoms with Crippen LogP contribution in [0, 0.1) is 0 Å². The molecular weight excluding hydrogens is 388 g/mol. The lowest BCUT2D eigenvalue weighted by molar-refractivity contribution is 0.102. The number of aryl methyl sites for hydroxylation is 1. The number of carbonyl (C=O) groups excluding carboxylic acids is 1. The first-order valence-corrected chi connectivity index (χ1v) is 10.2. The van der Waals surface area contributed by atoms with Gasteiger partial charge in [0.25, 0.3) is 5.91 Å². The Kier molecular flexibility index (Phi) is 3.81. The SMILES string of the molecule is O=C(Nc1c2c(nn1-c1nc3ccccc3s1)CCC2)c1ccc(Cl)s1. The van der Waals surface area contributed by atoms with E-state index in [1.165, 1.54) is 11.3 Å². The zero-order valence-corrected chi connectivity index (χ0v) is 15.9. The number of rotatable bonds is 3. The molecule has 0 radical (unpaired) electrons. The van der Waals surface area contributed by atoms with Crippen molar-refractivity contribution in [2.24, 2.45) is 0 Å². The number of carbonyl (C=O) groups is 1. The number of benzene rings is 1. The molecule has 0 aliphatic heterocycles. The van der Waals surface area contributed by atoms with E-state index < -0.39 is 0 Å². The van der Waals surface area contributed by atoms with Crippen LogP contribution in [0.25, 0.3) is 15.3 Å². The molecule has 130 valence electrons. The van der Waals surface area contributed by atoms with E-state index in [0.717, 1.165) is 51.7 Å². The largest absolute Gasteiger partial charge is 0.305 e. The van der Waals surface area contributed by atoms with Gasteiger partial charge in [-0.1, -0.05) is 35.1 Å². The van der Waals surface area contributed by atoms with Gasteiger partial charge in [0.15, 0.2) is 0 Å². The van der Waals surface area contributed by atoms with E-state index in [0.29, 0.717) is 9.21 Å². The van der Waals surface area contributed by atoms with Crippen LogP contribution in [0.4, 0.5) is 5.82 Å². The van der Waals surface area contributed by atoms with E-state index in [1.807, 2.05) is 24.3 Å². The van der Waals surface area contributed by atoms with Crippen LogP contribution in [0.3, 0.4) is 0 Å². The maximum Gasteiger partial charge on any atom is 0.266 e. The molecule has 0 unspecified atom stereocenters. The normalized spacial score (nSPS) is 13.3. The molecule has 3 aromatic heterocycles. The maximum absolute atomic E-state index is 12.7. The van der Waals surface area contributed by atoms with Gasteiger partial charge in [0.05, 0.1) is 25.1 Å². The van der Waals surface area contributed by atoms with Crippen molar-refractivity contribution in [1.82, 2.24) is 14.8 Å². The Morgan fingerprint density at radius 3 is 2.85 bits per heavy atom. The molecule has 8 heteroatoms. The van der Waals surface area contributed by atoms with Crippen molar-refractivity contribution in [2.45, 2.75) is 19.3 Å². The van der Waals surface area contributed by atoms with Gasteiger partial charge in [-0.3, -0.25) is 4.79 Å². The quantitative estimate of drug-likeness (QED) is 0.530. The average Bonchev–Trinajstić information content (AvgIpc) is 3.38. The Morgan fingerprint density at radius 2 is 2.04 bits per heavy atom. The summed E-state index contributed by atoms with van der Waals surface area (Å²) in [6, 6.07) is 11.5. The third-order valence-electron chi connectivity index (χ3n) is 4.40. The number of thiazole rings is 1. The van der Waals surface area contributed by atoms with Crippen LogP contribution < -0.4 is 5.32 Å². The zero-order valence-electron chi connectivity index (χ0n) is 13.5. The summed E-state index contributed by atoms with van der Waals surface area (Å²) in [5.41, 5.74) is 3.09. The molecule has 1 amide bonds. The second-order valence-corrected chi connectivity index (χ2v) is 8.79. The second kappa shape index (κ2) is 6.19. The van der Waals surface area contributed by atoms with Gasteiger partial charge in [-0.05, 0) is 43.5 Å². The lowest BCUT2D eigenvalue weighted by Gasteiger charge is -2.08. The number of hydrogen-bond acceptors (Lipinski definition) is 5. The highest BCUT2D eigenvalue weighted by Crippen LogP contribution is 2.34. The standard InChI is InChI=1S/C18H13ClN4OS2/c19-15-9-8-14(25-15)17(24)21-16-10-4-3-6-11(10)22-23(16)18-20-12-5-1-2-7-13(12)26-18/h1-2,5,7-9H,3-4,6H2,(H,21,24). The molecule has 1 N–H and O–H groups in total. The molecule has 0 atom stereocenters. The summed E-state index contributed by atoms with van der Waals surface area (Å²) in [6.07, 6.45) is 2.91. The van der Waals surface area contributed by atoms with Crippen molar-refractivity contribution in [2.75, 3.05) is 5.32 Å². The molecule has 4 aromatic rings. The minimum atomic E-state index is -0.168. The van der Waals surface area contributed by atoms with Gasteiger partial charge in [0.2, 0.25) is 5.13 Å². The Labute approximate surface area is 162 Å². The molecule has 26 heavy (non-hydrogen) atoms. The van der Waals surface area contributed by atoms with Crippen molar-refractivity contribution in [3.8, 4) is 5.13 Å². The number of aromatic nitrogens is 3. The van der Waals surface area contributed by atoms with Crippen LogP contribution in [0.2, 0.25) is 4.34 Å². The molecular formula is C18H13ClN4OS2. The molecule has 0 saturated heterocycles. The zero-order chi connectivity index (χ0) is 17.7. The molecule has 1 aromatic carbocycles.